The Balaban J connectivity index is 2.31. The van der Waals surface area contributed by atoms with Crippen LogP contribution in [0.1, 0.15) is 43.6 Å². The Bertz CT molecular complexity index is 413. The van der Waals surface area contributed by atoms with Crippen molar-refractivity contribution >= 4 is 11.9 Å². The zero-order valence-corrected chi connectivity index (χ0v) is 11.6. The van der Waals surface area contributed by atoms with Crippen molar-refractivity contribution in [1.82, 2.24) is 9.88 Å². The molecule has 5 nitrogen and oxygen atoms in total. The van der Waals surface area contributed by atoms with Crippen LogP contribution in [-0.2, 0) is 16.1 Å². The van der Waals surface area contributed by atoms with E-state index < -0.39 is 0 Å². The van der Waals surface area contributed by atoms with Crippen molar-refractivity contribution in [3.8, 4) is 0 Å². The number of aryl methyl sites for hydroxylation is 1. The molecule has 0 aromatic carbocycles. The van der Waals surface area contributed by atoms with E-state index in [0.29, 0.717) is 31.7 Å². The van der Waals surface area contributed by atoms with E-state index in [1.165, 1.54) is 0 Å². The molecule has 0 spiro atoms. The molecule has 1 amide bonds. The molecule has 0 aliphatic rings. The highest BCUT2D eigenvalue weighted by Gasteiger charge is 2.09. The lowest BCUT2D eigenvalue weighted by molar-refractivity contribution is -0.143. The van der Waals surface area contributed by atoms with Crippen molar-refractivity contribution in [2.75, 3.05) is 13.2 Å². The maximum atomic E-state index is 11.9. The van der Waals surface area contributed by atoms with E-state index in [-0.39, 0.29) is 11.9 Å². The fourth-order valence-electron chi connectivity index (χ4n) is 1.81. The van der Waals surface area contributed by atoms with Crippen LogP contribution in [0.25, 0.3) is 0 Å². The molecule has 106 valence electrons. The van der Waals surface area contributed by atoms with Gasteiger partial charge in [-0.2, -0.15) is 0 Å². The maximum Gasteiger partial charge on any atom is 0.305 e. The van der Waals surface area contributed by atoms with Crippen molar-refractivity contribution in [3.63, 3.8) is 0 Å². The van der Waals surface area contributed by atoms with Crippen LogP contribution in [0.5, 0.6) is 0 Å². The average molecular weight is 266 g/mol. The highest BCUT2D eigenvalue weighted by Crippen LogP contribution is 2.03. The van der Waals surface area contributed by atoms with Crippen molar-refractivity contribution < 1.29 is 14.3 Å². The summed E-state index contributed by atoms with van der Waals surface area (Å²) in [5.74, 6) is -0.312. The number of aromatic nitrogens is 1. The Morgan fingerprint density at radius 1 is 1.37 bits per heavy atom. The van der Waals surface area contributed by atoms with E-state index in [2.05, 4.69) is 12.2 Å². The van der Waals surface area contributed by atoms with Gasteiger partial charge in [0, 0.05) is 25.7 Å². The van der Waals surface area contributed by atoms with E-state index in [1.54, 1.807) is 13.0 Å². The van der Waals surface area contributed by atoms with Crippen LogP contribution >= 0.6 is 0 Å². The molecule has 0 unspecified atom stereocenters. The Hall–Kier alpha value is -1.78. The van der Waals surface area contributed by atoms with E-state index in [9.17, 15) is 9.59 Å². The molecule has 0 bridgehead atoms. The third kappa shape index (κ3) is 5.16. The molecular weight excluding hydrogens is 244 g/mol. The first-order valence-corrected chi connectivity index (χ1v) is 6.78. The van der Waals surface area contributed by atoms with Crippen molar-refractivity contribution in [2.24, 2.45) is 0 Å². The zero-order chi connectivity index (χ0) is 14.1. The first-order valence-electron chi connectivity index (χ1n) is 6.78. The Labute approximate surface area is 113 Å². The molecule has 5 heteroatoms. The normalized spacial score (nSPS) is 10.2. The third-order valence-electron chi connectivity index (χ3n) is 2.68. The smallest absolute Gasteiger partial charge is 0.305 e. The van der Waals surface area contributed by atoms with Crippen LogP contribution < -0.4 is 5.32 Å². The van der Waals surface area contributed by atoms with E-state index in [1.807, 2.05) is 16.8 Å². The predicted octanol–water partition coefficient (Wildman–Crippen LogP) is 1.97. The molecule has 1 rings (SSSR count). The third-order valence-corrected chi connectivity index (χ3v) is 2.68. The topological polar surface area (TPSA) is 60.3 Å². The monoisotopic (exact) mass is 266 g/mol. The summed E-state index contributed by atoms with van der Waals surface area (Å²) in [5.41, 5.74) is 0.665. The second-order valence-electron chi connectivity index (χ2n) is 4.25. The Morgan fingerprint density at radius 3 is 2.84 bits per heavy atom. The van der Waals surface area contributed by atoms with Crippen LogP contribution in [0.2, 0.25) is 0 Å². The second kappa shape index (κ2) is 8.34. The van der Waals surface area contributed by atoms with Crippen molar-refractivity contribution in [2.45, 2.75) is 39.7 Å². The van der Waals surface area contributed by atoms with Crippen LogP contribution in [-0.4, -0.2) is 29.6 Å². The van der Waals surface area contributed by atoms with Gasteiger partial charge < -0.3 is 14.6 Å². The summed E-state index contributed by atoms with van der Waals surface area (Å²) >= 11 is 0. The number of nitrogens with zero attached hydrogens (tertiary/aromatic N) is 1. The quantitative estimate of drug-likeness (QED) is 0.578. The number of esters is 1. The van der Waals surface area contributed by atoms with Crippen molar-refractivity contribution in [1.29, 1.82) is 0 Å². The van der Waals surface area contributed by atoms with Gasteiger partial charge in [-0.25, -0.2) is 0 Å². The van der Waals surface area contributed by atoms with E-state index >= 15 is 0 Å². The molecule has 0 radical (unpaired) electrons. The molecular formula is C14H22N2O3. The predicted molar refractivity (Wildman–Crippen MR) is 72.9 cm³/mol. The first kappa shape index (κ1) is 15.3. The van der Waals surface area contributed by atoms with Gasteiger partial charge in [-0.15, -0.1) is 0 Å². The summed E-state index contributed by atoms with van der Waals surface area (Å²) in [6, 6.07) is 3.67. The van der Waals surface area contributed by atoms with Gasteiger partial charge in [-0.1, -0.05) is 6.92 Å². The number of carbonyl (C=O) groups excluding carboxylic acids is 2. The second-order valence-corrected chi connectivity index (χ2v) is 4.25. The lowest BCUT2D eigenvalue weighted by atomic mass is 10.3. The van der Waals surface area contributed by atoms with Gasteiger partial charge in [-0.3, -0.25) is 9.59 Å². The number of carbonyl (C=O) groups is 2. The van der Waals surface area contributed by atoms with Gasteiger partial charge in [0.15, 0.2) is 0 Å². The summed E-state index contributed by atoms with van der Waals surface area (Å²) < 4.78 is 6.75. The van der Waals surface area contributed by atoms with Gasteiger partial charge in [0.1, 0.15) is 5.69 Å². The fraction of sp³-hybridized carbons (Fsp3) is 0.571. The number of ether oxygens (including phenoxy) is 1. The minimum absolute atomic E-state index is 0.0951. The number of hydrogen-bond donors (Lipinski definition) is 1. The van der Waals surface area contributed by atoms with E-state index in [4.69, 9.17) is 4.74 Å². The fourth-order valence-corrected chi connectivity index (χ4v) is 1.81. The SMILES string of the molecule is CCCn1cccc1C(=O)NCCCC(=O)OCC. The molecule has 0 aliphatic heterocycles. The number of hydrogen-bond acceptors (Lipinski definition) is 3. The van der Waals surface area contributed by atoms with Crippen molar-refractivity contribution in [3.05, 3.63) is 24.0 Å². The summed E-state index contributed by atoms with van der Waals surface area (Å²) in [6.45, 7) is 5.56. The Kier molecular flexibility index (Phi) is 6.71. The molecule has 1 aromatic rings. The Morgan fingerprint density at radius 2 is 2.16 bits per heavy atom. The lowest BCUT2D eigenvalue weighted by Gasteiger charge is -2.08. The molecule has 0 saturated heterocycles. The molecule has 0 fully saturated rings. The zero-order valence-electron chi connectivity index (χ0n) is 11.6. The van der Waals surface area contributed by atoms with Crippen LogP contribution in [0, 0.1) is 0 Å². The molecule has 0 aliphatic carbocycles. The van der Waals surface area contributed by atoms with Crippen LogP contribution in [0.3, 0.4) is 0 Å². The van der Waals surface area contributed by atoms with Gasteiger partial charge in [0.05, 0.1) is 6.61 Å². The minimum atomic E-state index is -0.217. The van der Waals surface area contributed by atoms with Gasteiger partial charge in [0.25, 0.3) is 5.91 Å². The van der Waals surface area contributed by atoms with Crippen LogP contribution in [0.15, 0.2) is 18.3 Å². The molecule has 1 N–H and O–H groups in total. The molecule has 0 atom stereocenters. The summed E-state index contributed by atoms with van der Waals surface area (Å²) in [5, 5.41) is 2.81. The number of nitrogens with one attached hydrogen (secondary N) is 1. The highest BCUT2D eigenvalue weighted by atomic mass is 16.5. The largest absolute Gasteiger partial charge is 0.466 e. The van der Waals surface area contributed by atoms with Gasteiger partial charge in [-0.05, 0) is 31.9 Å². The molecule has 19 heavy (non-hydrogen) atoms. The summed E-state index contributed by atoms with van der Waals surface area (Å²) in [6.07, 6.45) is 3.82. The lowest BCUT2D eigenvalue weighted by Crippen LogP contribution is -2.27. The summed E-state index contributed by atoms with van der Waals surface area (Å²) in [4.78, 5) is 23.0. The maximum absolute atomic E-state index is 11.9. The molecule has 0 saturated carbocycles. The number of rotatable bonds is 8. The standard InChI is InChI=1S/C14H22N2O3/c1-3-10-16-11-6-7-12(16)14(18)15-9-5-8-13(17)19-4-2/h6-7,11H,3-5,8-10H2,1-2H3,(H,15,18). The average Bonchev–Trinajstić information content (AvgIpc) is 2.83. The molecule has 1 aromatic heterocycles. The minimum Gasteiger partial charge on any atom is -0.466 e. The van der Waals surface area contributed by atoms with Gasteiger partial charge in [0.2, 0.25) is 0 Å². The highest BCUT2D eigenvalue weighted by molar-refractivity contribution is 5.92. The first-order chi connectivity index (χ1) is 9.19. The summed E-state index contributed by atoms with van der Waals surface area (Å²) in [7, 11) is 0. The number of amides is 1. The van der Waals surface area contributed by atoms with Crippen LogP contribution in [0.4, 0.5) is 0 Å². The van der Waals surface area contributed by atoms with E-state index in [0.717, 1.165) is 13.0 Å². The molecule has 1 heterocycles. The van der Waals surface area contributed by atoms with Gasteiger partial charge >= 0.3 is 5.97 Å².